The summed E-state index contributed by atoms with van der Waals surface area (Å²) in [6.45, 7) is 6.98. The summed E-state index contributed by atoms with van der Waals surface area (Å²) >= 11 is 1.57. The van der Waals surface area contributed by atoms with Crippen LogP contribution in [0.1, 0.15) is 38.9 Å². The molecule has 28 heavy (non-hydrogen) atoms. The predicted octanol–water partition coefficient (Wildman–Crippen LogP) is 3.20. The molecule has 1 aromatic carbocycles. The molecule has 0 radical (unpaired) electrons. The van der Waals surface area contributed by atoms with Crippen LogP contribution in [0.3, 0.4) is 0 Å². The number of carbonyl (C=O) groups excluding carboxylic acids is 2. The molecule has 0 spiro atoms. The van der Waals surface area contributed by atoms with Crippen molar-refractivity contribution in [3.63, 3.8) is 0 Å². The standard InChI is InChI=1S/C20H26F2N2O3S/c1-20(2,3)9-18(25)24-12-28-11-16(24)19(26)23-6-7-27-17(10-23)13-4-5-14(21)15(22)8-13/h4-5,8,16-17H,6-7,9-12H2,1-3H3. The summed E-state index contributed by atoms with van der Waals surface area (Å²) in [5, 5.41) is 0. The summed E-state index contributed by atoms with van der Waals surface area (Å²) < 4.78 is 32.4. The molecule has 2 atom stereocenters. The van der Waals surface area contributed by atoms with Crippen molar-refractivity contribution in [3.05, 3.63) is 35.4 Å². The first-order valence-corrected chi connectivity index (χ1v) is 10.5. The zero-order valence-electron chi connectivity index (χ0n) is 16.4. The molecule has 2 aliphatic rings. The molecule has 0 saturated carbocycles. The predicted molar refractivity (Wildman–Crippen MR) is 104 cm³/mol. The van der Waals surface area contributed by atoms with E-state index in [-0.39, 0.29) is 23.8 Å². The first-order chi connectivity index (χ1) is 13.2. The number of hydrogen-bond acceptors (Lipinski definition) is 4. The Bertz CT molecular complexity index is 753. The van der Waals surface area contributed by atoms with E-state index >= 15 is 0 Å². The number of hydrogen-bond donors (Lipinski definition) is 0. The first kappa shape index (κ1) is 21.0. The van der Waals surface area contributed by atoms with Crippen molar-refractivity contribution in [2.45, 2.75) is 39.3 Å². The Hall–Kier alpha value is -1.67. The van der Waals surface area contributed by atoms with Gasteiger partial charge in [-0.2, -0.15) is 0 Å². The van der Waals surface area contributed by atoms with Crippen LogP contribution in [0, 0.1) is 17.0 Å². The summed E-state index contributed by atoms with van der Waals surface area (Å²) in [5.74, 6) is -0.881. The van der Waals surface area contributed by atoms with E-state index in [2.05, 4.69) is 0 Å². The molecule has 2 saturated heterocycles. The van der Waals surface area contributed by atoms with Gasteiger partial charge >= 0.3 is 0 Å². The Labute approximate surface area is 168 Å². The zero-order chi connectivity index (χ0) is 20.5. The molecule has 0 bridgehead atoms. The second-order valence-corrected chi connectivity index (χ2v) is 9.43. The van der Waals surface area contributed by atoms with Crippen LogP contribution in [0.25, 0.3) is 0 Å². The van der Waals surface area contributed by atoms with Crippen LogP contribution in [-0.4, -0.2) is 59.0 Å². The minimum Gasteiger partial charge on any atom is -0.370 e. The van der Waals surface area contributed by atoms with E-state index in [0.29, 0.717) is 36.8 Å². The van der Waals surface area contributed by atoms with Gasteiger partial charge in [0.05, 0.1) is 19.0 Å². The number of thioether (sulfide) groups is 1. The molecule has 1 aromatic rings. The Morgan fingerprint density at radius 1 is 1.25 bits per heavy atom. The van der Waals surface area contributed by atoms with Gasteiger partial charge in [-0.25, -0.2) is 8.78 Å². The number of morpholine rings is 1. The third-order valence-corrected chi connectivity index (χ3v) is 5.88. The maximum Gasteiger partial charge on any atom is 0.246 e. The Morgan fingerprint density at radius 3 is 2.68 bits per heavy atom. The molecule has 0 aliphatic carbocycles. The average Bonchev–Trinajstić information content (AvgIpc) is 3.12. The average molecular weight is 413 g/mol. The fourth-order valence-corrected chi connectivity index (χ4v) is 4.59. The molecule has 154 valence electrons. The Kier molecular flexibility index (Phi) is 6.29. The van der Waals surface area contributed by atoms with Gasteiger partial charge < -0.3 is 14.5 Å². The molecule has 8 heteroatoms. The van der Waals surface area contributed by atoms with E-state index in [0.717, 1.165) is 12.1 Å². The molecule has 2 heterocycles. The second kappa shape index (κ2) is 8.37. The lowest BCUT2D eigenvalue weighted by atomic mass is 9.91. The second-order valence-electron chi connectivity index (χ2n) is 8.43. The number of halogens is 2. The van der Waals surface area contributed by atoms with E-state index in [1.807, 2.05) is 20.8 Å². The van der Waals surface area contributed by atoms with Crippen LogP contribution in [0.2, 0.25) is 0 Å². The van der Waals surface area contributed by atoms with Gasteiger partial charge in [-0.15, -0.1) is 11.8 Å². The van der Waals surface area contributed by atoms with Gasteiger partial charge in [0.2, 0.25) is 11.8 Å². The van der Waals surface area contributed by atoms with Gasteiger partial charge in [-0.1, -0.05) is 26.8 Å². The first-order valence-electron chi connectivity index (χ1n) is 9.38. The van der Waals surface area contributed by atoms with Gasteiger partial charge in [-0.05, 0) is 23.1 Å². The van der Waals surface area contributed by atoms with Crippen LogP contribution >= 0.6 is 11.8 Å². The minimum atomic E-state index is -0.935. The van der Waals surface area contributed by atoms with E-state index < -0.39 is 23.8 Å². The lowest BCUT2D eigenvalue weighted by molar-refractivity contribution is -0.149. The summed E-state index contributed by atoms with van der Waals surface area (Å²) in [5.41, 5.74) is 0.354. The van der Waals surface area contributed by atoms with E-state index in [1.54, 1.807) is 21.6 Å². The van der Waals surface area contributed by atoms with Crippen molar-refractivity contribution < 1.29 is 23.1 Å². The molecule has 3 rings (SSSR count). The summed E-state index contributed by atoms with van der Waals surface area (Å²) in [7, 11) is 0. The molecule has 5 nitrogen and oxygen atoms in total. The normalized spacial score (nSPS) is 23.2. The van der Waals surface area contributed by atoms with E-state index in [4.69, 9.17) is 4.74 Å². The van der Waals surface area contributed by atoms with Crippen molar-refractivity contribution in [3.8, 4) is 0 Å². The van der Waals surface area contributed by atoms with Crippen LogP contribution in [-0.2, 0) is 14.3 Å². The minimum absolute atomic E-state index is 0.0127. The molecule has 2 amide bonds. The van der Waals surface area contributed by atoms with Gasteiger partial charge in [0.1, 0.15) is 12.1 Å². The van der Waals surface area contributed by atoms with Crippen LogP contribution in [0.15, 0.2) is 18.2 Å². The van der Waals surface area contributed by atoms with Crippen molar-refractivity contribution in [1.29, 1.82) is 0 Å². The highest BCUT2D eigenvalue weighted by Gasteiger charge is 2.39. The number of nitrogens with zero attached hydrogens (tertiary/aromatic N) is 2. The number of ether oxygens (including phenoxy) is 1. The Morgan fingerprint density at radius 2 is 2.00 bits per heavy atom. The van der Waals surface area contributed by atoms with E-state index in [9.17, 15) is 18.4 Å². The van der Waals surface area contributed by atoms with E-state index in [1.165, 1.54) is 6.07 Å². The summed E-state index contributed by atoms with van der Waals surface area (Å²) in [6, 6.07) is 3.17. The van der Waals surface area contributed by atoms with Gasteiger partial charge in [0, 0.05) is 18.7 Å². The summed E-state index contributed by atoms with van der Waals surface area (Å²) in [4.78, 5) is 29.1. The van der Waals surface area contributed by atoms with Crippen molar-refractivity contribution >= 4 is 23.6 Å². The third kappa shape index (κ3) is 4.84. The smallest absolute Gasteiger partial charge is 0.246 e. The topological polar surface area (TPSA) is 49.9 Å². The van der Waals surface area contributed by atoms with Crippen LogP contribution in [0.5, 0.6) is 0 Å². The fraction of sp³-hybridized carbons (Fsp3) is 0.600. The highest BCUT2D eigenvalue weighted by Crippen LogP contribution is 2.29. The molecule has 0 N–H and O–H groups in total. The molecular formula is C20H26F2N2O3S. The van der Waals surface area contributed by atoms with Gasteiger partial charge in [0.25, 0.3) is 0 Å². The number of rotatable bonds is 3. The lowest BCUT2D eigenvalue weighted by Gasteiger charge is -2.36. The molecule has 2 aliphatic heterocycles. The van der Waals surface area contributed by atoms with Crippen molar-refractivity contribution in [1.82, 2.24) is 9.80 Å². The maximum absolute atomic E-state index is 13.6. The van der Waals surface area contributed by atoms with Crippen LogP contribution < -0.4 is 0 Å². The quantitative estimate of drug-likeness (QED) is 0.765. The highest BCUT2D eigenvalue weighted by molar-refractivity contribution is 7.99. The lowest BCUT2D eigenvalue weighted by Crippen LogP contribution is -2.52. The zero-order valence-corrected chi connectivity index (χ0v) is 17.2. The molecule has 2 fully saturated rings. The largest absolute Gasteiger partial charge is 0.370 e. The molecule has 0 aromatic heterocycles. The van der Waals surface area contributed by atoms with Crippen molar-refractivity contribution in [2.75, 3.05) is 31.3 Å². The van der Waals surface area contributed by atoms with Crippen LogP contribution in [0.4, 0.5) is 8.78 Å². The van der Waals surface area contributed by atoms with Crippen molar-refractivity contribution in [2.24, 2.45) is 5.41 Å². The number of carbonyl (C=O) groups is 2. The van der Waals surface area contributed by atoms with Gasteiger partial charge in [0.15, 0.2) is 11.6 Å². The van der Waals surface area contributed by atoms with Gasteiger partial charge in [-0.3, -0.25) is 9.59 Å². The molecular weight excluding hydrogens is 386 g/mol. The monoisotopic (exact) mass is 412 g/mol. The number of amides is 2. The fourth-order valence-electron chi connectivity index (χ4n) is 3.42. The highest BCUT2D eigenvalue weighted by atomic mass is 32.2. The maximum atomic E-state index is 13.6. The number of benzene rings is 1. The SMILES string of the molecule is CC(C)(C)CC(=O)N1CSCC1C(=O)N1CCOC(c2ccc(F)c(F)c2)C1. The summed E-state index contributed by atoms with van der Waals surface area (Å²) in [6.07, 6.45) is -0.127. The Balaban J connectivity index is 1.69. The third-order valence-electron chi connectivity index (χ3n) is 4.86. The molecule has 2 unspecified atom stereocenters.